The molecule has 0 aromatic heterocycles. The topological polar surface area (TPSA) is 139 Å². The molecule has 0 aliphatic heterocycles. The molecule has 3 N–H and O–H groups in total. The number of hydrogen-bond donors (Lipinski definition) is 3. The third-order valence-corrected chi connectivity index (χ3v) is 4.41. The van der Waals surface area contributed by atoms with Gasteiger partial charge < -0.3 is 14.9 Å². The van der Waals surface area contributed by atoms with E-state index < -0.39 is 31.5 Å². The second-order valence-electron chi connectivity index (χ2n) is 4.82. The van der Waals surface area contributed by atoms with Crippen LogP contribution in [0.15, 0.2) is 47.5 Å². The van der Waals surface area contributed by atoms with Crippen LogP contribution < -0.4 is 9.46 Å². The Hall–Kier alpha value is -3.27. The Balaban J connectivity index is 2.38. The monoisotopic (exact) mass is 366 g/mol. The Kier molecular flexibility index (Phi) is 5.13. The predicted molar refractivity (Wildman–Crippen MR) is 90.3 cm³/mol. The summed E-state index contributed by atoms with van der Waals surface area (Å²) in [6.07, 6.45) is 0.769. The molecule has 0 heterocycles. The zero-order chi connectivity index (χ0) is 18.6. The lowest BCUT2D eigenvalue weighted by Crippen LogP contribution is -2.20. The largest absolute Gasteiger partial charge is 0.504 e. The molecular weight excluding hydrogens is 352 g/mol. The van der Waals surface area contributed by atoms with Crippen LogP contribution in [0.3, 0.4) is 0 Å². The van der Waals surface area contributed by atoms with Crippen LogP contribution in [0.5, 0.6) is 17.2 Å². The molecular formula is C15H14N2O7S. The summed E-state index contributed by atoms with van der Waals surface area (Å²) in [5.41, 5.74) is 0.143. The maximum Gasteiger partial charge on any atom is 0.379 e. The fourth-order valence-electron chi connectivity index (χ4n) is 1.87. The number of nitrogens with one attached hydrogen (secondary N) is 1. The molecule has 0 atom stereocenters. The molecule has 10 heteroatoms. The molecule has 0 aliphatic carbocycles. The van der Waals surface area contributed by atoms with Gasteiger partial charge in [-0.2, -0.15) is 8.42 Å². The van der Waals surface area contributed by atoms with Crippen molar-refractivity contribution in [3.05, 3.63) is 63.2 Å². The standard InChI is InChI=1S/C15H14N2O7S/c1-24-12-5-3-11(4-6-12)16-25(22,23)15(17(20)21)9-10-2-7-13(18)14(19)8-10/h2-9,16,18-19H,1H3/b15-9+. The maximum absolute atomic E-state index is 12.3. The van der Waals surface area contributed by atoms with Gasteiger partial charge in [-0.25, -0.2) is 0 Å². The van der Waals surface area contributed by atoms with Gasteiger partial charge in [-0.3, -0.25) is 14.8 Å². The molecule has 0 radical (unpaired) electrons. The van der Waals surface area contributed by atoms with E-state index in [0.717, 1.165) is 18.2 Å². The first-order chi connectivity index (χ1) is 11.7. The smallest absolute Gasteiger partial charge is 0.379 e. The predicted octanol–water partition coefficient (Wildman–Crippen LogP) is 2.12. The molecule has 0 spiro atoms. The summed E-state index contributed by atoms with van der Waals surface area (Å²) in [6, 6.07) is 9.07. The zero-order valence-electron chi connectivity index (χ0n) is 12.9. The summed E-state index contributed by atoms with van der Waals surface area (Å²) in [5, 5.41) is 28.7. The molecule has 0 fully saturated rings. The first-order valence-corrected chi connectivity index (χ1v) is 8.26. The van der Waals surface area contributed by atoms with E-state index in [1.807, 2.05) is 0 Å². The van der Waals surface area contributed by atoms with Gasteiger partial charge in [0, 0.05) is 11.8 Å². The third kappa shape index (κ3) is 4.38. The van der Waals surface area contributed by atoms with Crippen LogP contribution in [-0.4, -0.2) is 30.7 Å². The molecule has 9 nitrogen and oxygen atoms in total. The summed E-state index contributed by atoms with van der Waals surface area (Å²) < 4.78 is 31.6. The first kappa shape index (κ1) is 18.1. The molecule has 0 saturated heterocycles. The van der Waals surface area contributed by atoms with Crippen LogP contribution in [0.25, 0.3) is 6.08 Å². The second kappa shape index (κ2) is 7.09. The molecule has 2 rings (SSSR count). The van der Waals surface area contributed by atoms with E-state index in [1.54, 1.807) is 0 Å². The van der Waals surface area contributed by atoms with Crippen molar-refractivity contribution in [2.75, 3.05) is 11.8 Å². The van der Waals surface area contributed by atoms with Crippen molar-refractivity contribution in [3.8, 4) is 17.2 Å². The summed E-state index contributed by atoms with van der Waals surface area (Å²) in [6.45, 7) is 0. The molecule has 0 aliphatic rings. The van der Waals surface area contributed by atoms with Gasteiger partial charge in [0.25, 0.3) is 0 Å². The average molecular weight is 366 g/mol. The van der Waals surface area contributed by atoms with Gasteiger partial charge in [-0.05, 0) is 42.0 Å². The van der Waals surface area contributed by atoms with Gasteiger partial charge in [0.05, 0.1) is 12.0 Å². The SMILES string of the molecule is COc1ccc(NS(=O)(=O)/C(=C/c2ccc(O)c(O)c2)[N+](=O)[O-])cc1. The van der Waals surface area contributed by atoms with Crippen LogP contribution >= 0.6 is 0 Å². The minimum absolute atomic E-state index is 0.0297. The number of benzene rings is 2. The van der Waals surface area contributed by atoms with Gasteiger partial charge in [-0.1, -0.05) is 6.07 Å². The highest BCUT2D eigenvalue weighted by atomic mass is 32.2. The van der Waals surface area contributed by atoms with Gasteiger partial charge in [0.1, 0.15) is 5.75 Å². The number of rotatable bonds is 6. The molecule has 2 aromatic carbocycles. The van der Waals surface area contributed by atoms with Crippen LogP contribution in [-0.2, 0) is 10.0 Å². The van der Waals surface area contributed by atoms with Gasteiger partial charge >= 0.3 is 15.1 Å². The molecule has 0 saturated carbocycles. The molecule has 2 aromatic rings. The van der Waals surface area contributed by atoms with Crippen molar-refractivity contribution in [1.29, 1.82) is 0 Å². The van der Waals surface area contributed by atoms with E-state index in [1.165, 1.54) is 37.4 Å². The van der Waals surface area contributed by atoms with E-state index in [9.17, 15) is 28.7 Å². The second-order valence-corrected chi connectivity index (χ2v) is 6.45. The van der Waals surface area contributed by atoms with Crippen molar-refractivity contribution < 1.29 is 28.3 Å². The average Bonchev–Trinajstić information content (AvgIpc) is 2.55. The van der Waals surface area contributed by atoms with Crippen molar-refractivity contribution >= 4 is 21.8 Å². The highest BCUT2D eigenvalue weighted by Gasteiger charge is 2.29. The minimum Gasteiger partial charge on any atom is -0.504 e. The van der Waals surface area contributed by atoms with Crippen molar-refractivity contribution in [2.45, 2.75) is 0 Å². The number of methoxy groups -OCH3 is 1. The Morgan fingerprint density at radius 1 is 1.16 bits per heavy atom. The van der Waals surface area contributed by atoms with Crippen LogP contribution in [0.1, 0.15) is 5.56 Å². The molecule has 0 bridgehead atoms. The van der Waals surface area contributed by atoms with Gasteiger partial charge in [0.15, 0.2) is 11.5 Å². The lowest BCUT2D eigenvalue weighted by molar-refractivity contribution is -0.410. The molecule has 0 amide bonds. The van der Waals surface area contributed by atoms with Crippen LogP contribution in [0, 0.1) is 10.1 Å². The highest BCUT2D eigenvalue weighted by molar-refractivity contribution is 7.96. The highest BCUT2D eigenvalue weighted by Crippen LogP contribution is 2.27. The van der Waals surface area contributed by atoms with E-state index in [4.69, 9.17) is 4.74 Å². The van der Waals surface area contributed by atoms with E-state index in [-0.39, 0.29) is 11.3 Å². The summed E-state index contributed by atoms with van der Waals surface area (Å²) >= 11 is 0. The summed E-state index contributed by atoms with van der Waals surface area (Å²) in [7, 11) is -3.04. The Morgan fingerprint density at radius 2 is 1.80 bits per heavy atom. The zero-order valence-corrected chi connectivity index (χ0v) is 13.7. The number of anilines is 1. The minimum atomic E-state index is -4.49. The quantitative estimate of drug-likeness (QED) is 0.404. The number of phenolic OH excluding ortho intramolecular Hbond substituents is 2. The fourth-order valence-corrected chi connectivity index (χ4v) is 2.91. The van der Waals surface area contributed by atoms with E-state index in [0.29, 0.717) is 5.75 Å². The Labute approximate surface area is 143 Å². The van der Waals surface area contributed by atoms with Gasteiger partial charge in [0.2, 0.25) is 0 Å². The Morgan fingerprint density at radius 3 is 2.32 bits per heavy atom. The van der Waals surface area contributed by atoms with Crippen LogP contribution in [0.4, 0.5) is 5.69 Å². The number of nitrogens with zero attached hydrogens (tertiary/aromatic N) is 1. The van der Waals surface area contributed by atoms with Crippen molar-refractivity contribution in [3.63, 3.8) is 0 Å². The Bertz CT molecular complexity index is 921. The lowest BCUT2D eigenvalue weighted by Gasteiger charge is -2.07. The van der Waals surface area contributed by atoms with E-state index in [2.05, 4.69) is 4.72 Å². The molecule has 132 valence electrons. The van der Waals surface area contributed by atoms with Crippen molar-refractivity contribution in [1.82, 2.24) is 0 Å². The summed E-state index contributed by atoms with van der Waals surface area (Å²) in [5.74, 6) is -0.469. The van der Waals surface area contributed by atoms with E-state index >= 15 is 0 Å². The van der Waals surface area contributed by atoms with Crippen molar-refractivity contribution in [2.24, 2.45) is 0 Å². The number of phenols is 2. The summed E-state index contributed by atoms with van der Waals surface area (Å²) in [4.78, 5) is 10.1. The lowest BCUT2D eigenvalue weighted by atomic mass is 10.2. The third-order valence-electron chi connectivity index (χ3n) is 3.09. The normalized spacial score (nSPS) is 11.8. The number of aromatic hydroxyl groups is 2. The number of hydrogen-bond acceptors (Lipinski definition) is 7. The number of nitro groups is 1. The van der Waals surface area contributed by atoms with Gasteiger partial charge in [-0.15, -0.1) is 0 Å². The fraction of sp³-hybridized carbons (Fsp3) is 0.0667. The first-order valence-electron chi connectivity index (χ1n) is 6.78. The number of ether oxygens (including phenoxy) is 1. The molecule has 25 heavy (non-hydrogen) atoms. The maximum atomic E-state index is 12.3. The molecule has 0 unspecified atom stereocenters. The number of sulfonamides is 1. The van der Waals surface area contributed by atoms with Crippen LogP contribution in [0.2, 0.25) is 0 Å².